The van der Waals surface area contributed by atoms with E-state index in [0.717, 1.165) is 22.0 Å². The highest BCUT2D eigenvalue weighted by atomic mass is 32.1. The lowest BCUT2D eigenvalue weighted by atomic mass is 10.1. The first-order chi connectivity index (χ1) is 8.99. The first-order valence-corrected chi connectivity index (χ1v) is 6.45. The van der Waals surface area contributed by atoms with Gasteiger partial charge in [0.15, 0.2) is 0 Å². The van der Waals surface area contributed by atoms with Gasteiger partial charge >= 0.3 is 11.7 Å². The largest absolute Gasteiger partial charge is 0.478 e. The van der Waals surface area contributed by atoms with Gasteiger partial charge in [0.05, 0.1) is 16.4 Å². The van der Waals surface area contributed by atoms with Crippen LogP contribution in [-0.4, -0.2) is 20.5 Å². The summed E-state index contributed by atoms with van der Waals surface area (Å²) in [6, 6.07) is 3.86. The number of aromatic carboxylic acids is 1. The van der Waals surface area contributed by atoms with Crippen LogP contribution in [-0.2, 0) is 0 Å². The lowest BCUT2D eigenvalue weighted by molar-refractivity contribution is 0.0698. The predicted octanol–water partition coefficient (Wildman–Crippen LogP) is 2.22. The van der Waals surface area contributed by atoms with E-state index in [9.17, 15) is 9.59 Å². The van der Waals surface area contributed by atoms with E-state index >= 15 is 0 Å². The lowest BCUT2D eigenvalue weighted by Gasteiger charge is -2.00. The zero-order valence-corrected chi connectivity index (χ0v) is 11.1. The van der Waals surface area contributed by atoms with Crippen molar-refractivity contribution in [3.05, 3.63) is 45.5 Å². The fraction of sp³-hybridized carbons (Fsp3) is 0.154. The van der Waals surface area contributed by atoms with Gasteiger partial charge in [0.1, 0.15) is 10.4 Å². The molecule has 0 amide bonds. The van der Waals surface area contributed by atoms with Crippen molar-refractivity contribution >= 4 is 32.4 Å². The molecule has 96 valence electrons. The predicted molar refractivity (Wildman–Crippen MR) is 73.3 cm³/mol. The van der Waals surface area contributed by atoms with Crippen LogP contribution in [0.1, 0.15) is 21.5 Å². The third-order valence-corrected chi connectivity index (χ3v) is 4.32. The number of hydrogen-bond donors (Lipinski definition) is 1. The van der Waals surface area contributed by atoms with Crippen LogP contribution in [0, 0.1) is 13.8 Å². The molecule has 2 heterocycles. The van der Waals surface area contributed by atoms with Crippen molar-refractivity contribution in [3.63, 3.8) is 0 Å². The maximum Gasteiger partial charge on any atom is 0.353 e. The molecule has 0 atom stereocenters. The molecule has 6 heteroatoms. The average molecular weight is 274 g/mol. The summed E-state index contributed by atoms with van der Waals surface area (Å²) >= 11 is 1.30. The van der Waals surface area contributed by atoms with Crippen LogP contribution in [0.3, 0.4) is 0 Å². The quantitative estimate of drug-likeness (QED) is 0.738. The molecule has 0 unspecified atom stereocenters. The minimum atomic E-state index is -1.08. The Morgan fingerprint density at radius 3 is 2.68 bits per heavy atom. The van der Waals surface area contributed by atoms with Gasteiger partial charge in [0, 0.05) is 0 Å². The van der Waals surface area contributed by atoms with Crippen molar-refractivity contribution in [1.82, 2.24) is 9.38 Å². The highest BCUT2D eigenvalue weighted by Gasteiger charge is 2.16. The molecule has 0 aliphatic heterocycles. The number of carbonyl (C=O) groups is 1. The van der Waals surface area contributed by atoms with Gasteiger partial charge < -0.3 is 5.11 Å². The van der Waals surface area contributed by atoms with E-state index in [2.05, 4.69) is 4.98 Å². The number of fused-ring (bicyclic) bond motifs is 3. The van der Waals surface area contributed by atoms with Gasteiger partial charge in [-0.05, 0) is 37.1 Å². The number of rotatable bonds is 1. The van der Waals surface area contributed by atoms with Crippen LogP contribution < -0.4 is 5.69 Å². The van der Waals surface area contributed by atoms with E-state index in [0.29, 0.717) is 10.3 Å². The number of aromatic nitrogens is 2. The van der Waals surface area contributed by atoms with E-state index in [-0.39, 0.29) is 5.56 Å². The molecule has 0 saturated heterocycles. The third-order valence-electron chi connectivity index (χ3n) is 3.18. The maximum atomic E-state index is 11.9. The van der Waals surface area contributed by atoms with Crippen LogP contribution in [0.5, 0.6) is 0 Å². The van der Waals surface area contributed by atoms with Crippen molar-refractivity contribution < 1.29 is 9.90 Å². The molecule has 2 aromatic heterocycles. The second kappa shape index (κ2) is 3.89. The highest BCUT2D eigenvalue weighted by Crippen LogP contribution is 2.29. The SMILES string of the molecule is Cc1cc2sc3c(C(=O)O)cnc(=O)n3c2cc1C. The molecule has 5 nitrogen and oxygen atoms in total. The summed E-state index contributed by atoms with van der Waals surface area (Å²) in [7, 11) is 0. The number of carboxylic acids is 1. The van der Waals surface area contributed by atoms with Gasteiger partial charge in [-0.25, -0.2) is 19.0 Å². The summed E-state index contributed by atoms with van der Waals surface area (Å²) in [6.07, 6.45) is 1.12. The van der Waals surface area contributed by atoms with Crippen LogP contribution in [0.2, 0.25) is 0 Å². The zero-order valence-electron chi connectivity index (χ0n) is 10.3. The van der Waals surface area contributed by atoms with Crippen LogP contribution in [0.25, 0.3) is 15.0 Å². The first kappa shape index (κ1) is 11.9. The zero-order chi connectivity index (χ0) is 13.7. The standard InChI is InChI=1S/C13H10N2O3S/c1-6-3-9-10(4-7(6)2)19-11-8(12(16)17)5-14-13(18)15(9)11/h3-5H,1-2H3,(H,16,17). The van der Waals surface area contributed by atoms with Gasteiger partial charge in [-0.1, -0.05) is 0 Å². The van der Waals surface area contributed by atoms with Crippen molar-refractivity contribution in [2.75, 3.05) is 0 Å². The number of aryl methyl sites for hydroxylation is 2. The summed E-state index contributed by atoms with van der Waals surface area (Å²) in [5.74, 6) is -1.08. The van der Waals surface area contributed by atoms with E-state index < -0.39 is 11.7 Å². The lowest BCUT2D eigenvalue weighted by Crippen LogP contribution is -2.17. The highest BCUT2D eigenvalue weighted by molar-refractivity contribution is 7.24. The Kier molecular flexibility index (Phi) is 2.43. The normalized spacial score (nSPS) is 11.3. The van der Waals surface area contributed by atoms with Crippen molar-refractivity contribution in [2.45, 2.75) is 13.8 Å². The summed E-state index contributed by atoms with van der Waals surface area (Å²) < 4.78 is 2.26. The third kappa shape index (κ3) is 1.64. The van der Waals surface area contributed by atoms with E-state index in [1.165, 1.54) is 15.7 Å². The molecular formula is C13H10N2O3S. The van der Waals surface area contributed by atoms with Gasteiger partial charge in [-0.3, -0.25) is 0 Å². The van der Waals surface area contributed by atoms with Crippen molar-refractivity contribution in [1.29, 1.82) is 0 Å². The van der Waals surface area contributed by atoms with Gasteiger partial charge in [0.25, 0.3) is 0 Å². The monoisotopic (exact) mass is 274 g/mol. The molecule has 1 aromatic carbocycles. The molecule has 19 heavy (non-hydrogen) atoms. The van der Waals surface area contributed by atoms with Gasteiger partial charge in [-0.2, -0.15) is 0 Å². The molecule has 3 aromatic rings. The average Bonchev–Trinajstić information content (AvgIpc) is 2.69. The minimum Gasteiger partial charge on any atom is -0.478 e. The summed E-state index contributed by atoms with van der Waals surface area (Å²) in [4.78, 5) is 27.1. The Morgan fingerprint density at radius 1 is 1.32 bits per heavy atom. The van der Waals surface area contributed by atoms with Gasteiger partial charge in [-0.15, -0.1) is 11.3 Å². The Bertz CT molecular complexity index is 892. The van der Waals surface area contributed by atoms with E-state index in [1.54, 1.807) is 0 Å². The molecule has 0 spiro atoms. The molecule has 0 aliphatic rings. The molecule has 1 N–H and O–H groups in total. The second-order valence-electron chi connectivity index (χ2n) is 4.41. The fourth-order valence-electron chi connectivity index (χ4n) is 2.03. The number of nitrogens with zero attached hydrogens (tertiary/aromatic N) is 2. The van der Waals surface area contributed by atoms with Crippen LogP contribution in [0.15, 0.2) is 23.1 Å². The van der Waals surface area contributed by atoms with Gasteiger partial charge in [0.2, 0.25) is 0 Å². The van der Waals surface area contributed by atoms with Crippen LogP contribution >= 0.6 is 11.3 Å². The topological polar surface area (TPSA) is 71.7 Å². The number of thiazole rings is 1. The molecule has 0 aliphatic carbocycles. The smallest absolute Gasteiger partial charge is 0.353 e. The second-order valence-corrected chi connectivity index (χ2v) is 5.44. The fourth-order valence-corrected chi connectivity index (χ4v) is 3.25. The van der Waals surface area contributed by atoms with Crippen molar-refractivity contribution in [2.24, 2.45) is 0 Å². The number of carboxylic acid groups (broad SMARTS) is 1. The summed E-state index contributed by atoms with van der Waals surface area (Å²) in [6.45, 7) is 3.94. The molecular weight excluding hydrogens is 264 g/mol. The Hall–Kier alpha value is -2.21. The molecule has 0 bridgehead atoms. The Balaban J connectivity index is 2.60. The summed E-state index contributed by atoms with van der Waals surface area (Å²) in [5.41, 5.74) is 2.48. The molecule has 3 rings (SSSR count). The van der Waals surface area contributed by atoms with E-state index in [1.807, 2.05) is 26.0 Å². The Labute approximate surface area is 111 Å². The molecule has 0 radical (unpaired) electrons. The first-order valence-electron chi connectivity index (χ1n) is 5.64. The minimum absolute atomic E-state index is 0.0520. The Morgan fingerprint density at radius 2 is 2.00 bits per heavy atom. The maximum absolute atomic E-state index is 11.9. The molecule has 0 fully saturated rings. The molecule has 0 saturated carbocycles. The van der Waals surface area contributed by atoms with E-state index in [4.69, 9.17) is 5.11 Å². The number of benzene rings is 1. The number of hydrogen-bond acceptors (Lipinski definition) is 4. The summed E-state index contributed by atoms with van der Waals surface area (Å²) in [5, 5.41) is 9.16. The van der Waals surface area contributed by atoms with Crippen LogP contribution in [0.4, 0.5) is 0 Å². The van der Waals surface area contributed by atoms with Crippen molar-refractivity contribution in [3.8, 4) is 0 Å².